The molecule has 116 valence electrons. The summed E-state index contributed by atoms with van der Waals surface area (Å²) in [6.07, 6.45) is 4.75. The Kier molecular flexibility index (Phi) is 4.34. The summed E-state index contributed by atoms with van der Waals surface area (Å²) in [6.45, 7) is 6.70. The number of aryl methyl sites for hydroxylation is 1. The number of benzene rings is 1. The summed E-state index contributed by atoms with van der Waals surface area (Å²) >= 11 is 0. The zero-order chi connectivity index (χ0) is 14.9. The van der Waals surface area contributed by atoms with E-state index in [1.807, 2.05) is 0 Å². The third kappa shape index (κ3) is 2.87. The predicted octanol–water partition coefficient (Wildman–Crippen LogP) is 1.90. The number of fused-ring (bicyclic) bond motifs is 1. The Morgan fingerprint density at radius 1 is 1.24 bits per heavy atom. The van der Waals surface area contributed by atoms with Gasteiger partial charge in [0.25, 0.3) is 0 Å². The second kappa shape index (κ2) is 6.07. The summed E-state index contributed by atoms with van der Waals surface area (Å²) in [5.74, 6) is 0. The average Bonchev–Trinajstić information content (AvgIpc) is 2.67. The first-order valence-corrected chi connectivity index (χ1v) is 8.37. The van der Waals surface area contributed by atoms with Crippen LogP contribution in [0.2, 0.25) is 0 Å². The van der Waals surface area contributed by atoms with Gasteiger partial charge in [-0.3, -0.25) is 4.90 Å². The third-order valence-electron chi connectivity index (χ3n) is 5.53. The van der Waals surface area contributed by atoms with Gasteiger partial charge in [0.05, 0.1) is 0 Å². The van der Waals surface area contributed by atoms with Crippen molar-refractivity contribution in [2.45, 2.75) is 44.2 Å². The number of hydrogen-bond donors (Lipinski definition) is 1. The van der Waals surface area contributed by atoms with Crippen LogP contribution in [0.1, 0.15) is 30.9 Å². The van der Waals surface area contributed by atoms with E-state index in [1.165, 1.54) is 43.5 Å². The third-order valence-corrected chi connectivity index (χ3v) is 5.53. The highest BCUT2D eigenvalue weighted by atomic mass is 15.3. The first-order valence-electron chi connectivity index (χ1n) is 8.37. The van der Waals surface area contributed by atoms with Gasteiger partial charge in [0.2, 0.25) is 0 Å². The number of hydrogen-bond acceptors (Lipinski definition) is 3. The van der Waals surface area contributed by atoms with Crippen LogP contribution in [0.25, 0.3) is 0 Å². The highest BCUT2D eigenvalue weighted by molar-refractivity contribution is 5.32. The fourth-order valence-electron chi connectivity index (χ4n) is 4.40. The van der Waals surface area contributed by atoms with Crippen LogP contribution < -0.4 is 5.73 Å². The molecule has 0 spiro atoms. The van der Waals surface area contributed by atoms with Crippen LogP contribution in [-0.2, 0) is 12.8 Å². The van der Waals surface area contributed by atoms with Crippen LogP contribution in [0, 0.1) is 0 Å². The van der Waals surface area contributed by atoms with Gasteiger partial charge in [-0.1, -0.05) is 24.3 Å². The van der Waals surface area contributed by atoms with Crippen LogP contribution in [-0.4, -0.2) is 54.6 Å². The van der Waals surface area contributed by atoms with E-state index in [0.717, 1.165) is 19.5 Å². The maximum atomic E-state index is 6.32. The Morgan fingerprint density at radius 2 is 2.00 bits per heavy atom. The molecule has 0 aromatic heterocycles. The summed E-state index contributed by atoms with van der Waals surface area (Å²) < 4.78 is 0. The first kappa shape index (κ1) is 15.0. The normalized spacial score (nSPS) is 31.7. The lowest BCUT2D eigenvalue weighted by Gasteiger charge is -2.49. The quantitative estimate of drug-likeness (QED) is 0.902. The molecule has 0 radical (unpaired) electrons. The van der Waals surface area contributed by atoms with Gasteiger partial charge in [-0.25, -0.2) is 0 Å². The van der Waals surface area contributed by atoms with Gasteiger partial charge < -0.3 is 10.6 Å². The van der Waals surface area contributed by atoms with Crippen LogP contribution >= 0.6 is 0 Å². The van der Waals surface area contributed by atoms with E-state index >= 15 is 0 Å². The highest BCUT2D eigenvalue weighted by Crippen LogP contribution is 2.34. The van der Waals surface area contributed by atoms with Crippen molar-refractivity contribution in [3.05, 3.63) is 35.4 Å². The molecule has 2 N–H and O–H groups in total. The van der Waals surface area contributed by atoms with E-state index in [-0.39, 0.29) is 5.54 Å². The van der Waals surface area contributed by atoms with Crippen LogP contribution in [0.15, 0.2) is 24.3 Å². The highest BCUT2D eigenvalue weighted by Gasteiger charge is 2.41. The van der Waals surface area contributed by atoms with Crippen LogP contribution in [0.5, 0.6) is 0 Å². The van der Waals surface area contributed by atoms with Gasteiger partial charge in [0.1, 0.15) is 0 Å². The molecule has 1 saturated heterocycles. The summed E-state index contributed by atoms with van der Waals surface area (Å²) in [6, 6.07) is 9.51. The van der Waals surface area contributed by atoms with Gasteiger partial charge in [0.15, 0.2) is 0 Å². The summed E-state index contributed by atoms with van der Waals surface area (Å²) in [4.78, 5) is 5.19. The van der Waals surface area contributed by atoms with Crippen LogP contribution in [0.3, 0.4) is 0 Å². The maximum Gasteiger partial charge on any atom is 0.0378 e. The molecule has 3 rings (SSSR count). The fourth-order valence-corrected chi connectivity index (χ4v) is 4.40. The molecule has 3 nitrogen and oxygen atoms in total. The van der Waals surface area contributed by atoms with E-state index in [2.05, 4.69) is 48.0 Å². The Balaban J connectivity index is 1.87. The van der Waals surface area contributed by atoms with Gasteiger partial charge in [-0.15, -0.1) is 0 Å². The zero-order valence-electron chi connectivity index (χ0n) is 13.5. The summed E-state index contributed by atoms with van der Waals surface area (Å²) in [5, 5.41) is 0. The Hall–Kier alpha value is -0.900. The predicted molar refractivity (Wildman–Crippen MR) is 88.5 cm³/mol. The van der Waals surface area contributed by atoms with Crippen molar-refractivity contribution in [3.63, 3.8) is 0 Å². The van der Waals surface area contributed by atoms with Crippen molar-refractivity contribution in [2.75, 3.05) is 33.2 Å². The minimum atomic E-state index is 0.166. The molecule has 1 fully saturated rings. The number of rotatable bonds is 2. The number of nitrogens with two attached hydrogens (primary N) is 1. The lowest BCUT2D eigenvalue weighted by atomic mass is 9.76. The molecule has 2 aliphatic rings. The molecule has 0 bridgehead atoms. The molecule has 21 heavy (non-hydrogen) atoms. The number of likely N-dealkylation sites (N-methyl/N-ethyl adjacent to an activating group) is 1. The molecule has 2 unspecified atom stereocenters. The van der Waals surface area contributed by atoms with E-state index in [4.69, 9.17) is 5.73 Å². The molecule has 1 aromatic rings. The van der Waals surface area contributed by atoms with Gasteiger partial charge in [0, 0.05) is 31.2 Å². The van der Waals surface area contributed by atoms with Crippen molar-refractivity contribution in [3.8, 4) is 0 Å². The maximum absolute atomic E-state index is 6.32. The lowest BCUT2D eigenvalue weighted by Crippen LogP contribution is -2.60. The van der Waals surface area contributed by atoms with Crippen molar-refractivity contribution in [1.29, 1.82) is 0 Å². The van der Waals surface area contributed by atoms with Gasteiger partial charge in [-0.2, -0.15) is 0 Å². The second-order valence-corrected chi connectivity index (χ2v) is 7.03. The van der Waals surface area contributed by atoms with Crippen molar-refractivity contribution >= 4 is 0 Å². The topological polar surface area (TPSA) is 32.5 Å². The Bertz CT molecular complexity index is 487. The second-order valence-electron chi connectivity index (χ2n) is 7.03. The standard InChI is InChI=1S/C18H29N3/c1-15-13-20(2)10-5-11-21(15)18(14-19)9-8-16-6-3-4-7-17(16)12-18/h3-4,6-7,15H,5,8-14,19H2,1-2H3. The lowest BCUT2D eigenvalue weighted by molar-refractivity contribution is 0.0448. The van der Waals surface area contributed by atoms with E-state index in [9.17, 15) is 0 Å². The smallest absolute Gasteiger partial charge is 0.0378 e. The monoisotopic (exact) mass is 287 g/mol. The van der Waals surface area contributed by atoms with E-state index in [0.29, 0.717) is 6.04 Å². The molecule has 1 heterocycles. The Morgan fingerprint density at radius 3 is 2.76 bits per heavy atom. The first-order chi connectivity index (χ1) is 10.1. The van der Waals surface area contributed by atoms with E-state index < -0.39 is 0 Å². The van der Waals surface area contributed by atoms with Gasteiger partial charge in [-0.05, 0) is 57.3 Å². The van der Waals surface area contributed by atoms with E-state index in [1.54, 1.807) is 0 Å². The molecule has 0 saturated carbocycles. The molecule has 1 aliphatic carbocycles. The molecular weight excluding hydrogens is 258 g/mol. The molecule has 1 aliphatic heterocycles. The minimum absolute atomic E-state index is 0.166. The minimum Gasteiger partial charge on any atom is -0.329 e. The average molecular weight is 287 g/mol. The molecule has 2 atom stereocenters. The summed E-state index contributed by atoms with van der Waals surface area (Å²) in [5.41, 5.74) is 9.53. The molecule has 0 amide bonds. The zero-order valence-corrected chi connectivity index (χ0v) is 13.5. The van der Waals surface area contributed by atoms with Crippen molar-refractivity contribution in [2.24, 2.45) is 5.73 Å². The molecule has 1 aromatic carbocycles. The SMILES string of the molecule is CC1CN(C)CCCN1C1(CN)CCc2ccccc2C1. The largest absolute Gasteiger partial charge is 0.329 e. The van der Waals surface area contributed by atoms with Crippen LogP contribution in [0.4, 0.5) is 0 Å². The molecular formula is C18H29N3. The van der Waals surface area contributed by atoms with Gasteiger partial charge >= 0.3 is 0 Å². The number of nitrogens with zero attached hydrogens (tertiary/aromatic N) is 2. The summed E-state index contributed by atoms with van der Waals surface area (Å²) in [7, 11) is 2.24. The Labute approximate surface area is 129 Å². The van der Waals surface area contributed by atoms with Crippen molar-refractivity contribution < 1.29 is 0 Å². The van der Waals surface area contributed by atoms with Crippen molar-refractivity contribution in [1.82, 2.24) is 9.80 Å². The fraction of sp³-hybridized carbons (Fsp3) is 0.667. The molecule has 3 heteroatoms.